The topological polar surface area (TPSA) is 46.9 Å². The first-order chi connectivity index (χ1) is 10.9. The van der Waals surface area contributed by atoms with Gasteiger partial charge in [0.1, 0.15) is 0 Å². The average molecular weight is 313 g/mol. The van der Waals surface area contributed by atoms with Crippen molar-refractivity contribution in [1.29, 1.82) is 0 Å². The van der Waals surface area contributed by atoms with Crippen LogP contribution in [0.15, 0.2) is 30.3 Å². The van der Waals surface area contributed by atoms with Gasteiger partial charge in [0, 0.05) is 13.1 Å². The van der Waals surface area contributed by atoms with Gasteiger partial charge in [-0.25, -0.2) is 0 Å². The molecule has 0 unspecified atom stereocenters. The van der Waals surface area contributed by atoms with Crippen LogP contribution >= 0.6 is 0 Å². The molecule has 0 aliphatic heterocycles. The number of carbonyl (C=O) groups is 1. The third-order valence-electron chi connectivity index (χ3n) is 3.89. The van der Waals surface area contributed by atoms with Gasteiger partial charge in [-0.1, -0.05) is 52.0 Å². The fraction of sp³-hybridized carbons (Fsp3) is 0.474. The predicted octanol–water partition coefficient (Wildman–Crippen LogP) is 4.01. The summed E-state index contributed by atoms with van der Waals surface area (Å²) >= 11 is 0. The van der Waals surface area contributed by atoms with Crippen LogP contribution in [0.3, 0.4) is 0 Å². The molecule has 4 heteroatoms. The minimum atomic E-state index is -0.105. The molecular weight excluding hydrogens is 286 g/mol. The first kappa shape index (κ1) is 17.3. The monoisotopic (exact) mass is 313 g/mol. The summed E-state index contributed by atoms with van der Waals surface area (Å²) in [4.78, 5) is 12.1. The molecule has 0 aliphatic carbocycles. The molecule has 0 spiro atoms. The third kappa shape index (κ3) is 4.01. The second kappa shape index (κ2) is 6.99. The maximum Gasteiger partial charge on any atom is 0.271 e. The van der Waals surface area contributed by atoms with E-state index in [1.54, 1.807) is 0 Å². The number of benzene rings is 1. The molecule has 0 aliphatic rings. The number of amides is 1. The number of aromatic nitrogens is 2. The lowest BCUT2D eigenvalue weighted by molar-refractivity contribution is 0.0948. The molecule has 4 nitrogen and oxygen atoms in total. The molecule has 1 amide bonds. The lowest BCUT2D eigenvalue weighted by Gasteiger charge is -2.19. The van der Waals surface area contributed by atoms with E-state index in [1.807, 2.05) is 24.6 Å². The standard InChI is InChI=1S/C19H27N3O/c1-6-12-20-18(23)16-13-17(22(7-2)21-16)14-8-10-15(11-9-14)19(3,4)5/h8-11,13H,6-7,12H2,1-5H3,(H,20,23). The minimum absolute atomic E-state index is 0.105. The van der Waals surface area contributed by atoms with Crippen molar-refractivity contribution in [2.45, 2.75) is 53.0 Å². The van der Waals surface area contributed by atoms with Crippen molar-refractivity contribution in [2.24, 2.45) is 0 Å². The number of rotatable bonds is 5. The van der Waals surface area contributed by atoms with Crippen molar-refractivity contribution >= 4 is 5.91 Å². The summed E-state index contributed by atoms with van der Waals surface area (Å²) in [6, 6.07) is 10.4. The van der Waals surface area contributed by atoms with Crippen LogP contribution in [0.4, 0.5) is 0 Å². The van der Waals surface area contributed by atoms with E-state index in [-0.39, 0.29) is 11.3 Å². The number of carbonyl (C=O) groups excluding carboxylic acids is 1. The van der Waals surface area contributed by atoms with Crippen LogP contribution in [0.25, 0.3) is 11.3 Å². The Kier molecular flexibility index (Phi) is 5.24. The molecule has 124 valence electrons. The molecule has 23 heavy (non-hydrogen) atoms. The van der Waals surface area contributed by atoms with E-state index in [0.29, 0.717) is 12.2 Å². The van der Waals surface area contributed by atoms with Gasteiger partial charge in [-0.05, 0) is 36.0 Å². The summed E-state index contributed by atoms with van der Waals surface area (Å²) in [5.41, 5.74) is 3.98. The Labute approximate surface area is 138 Å². The Hall–Kier alpha value is -2.10. The number of nitrogens with one attached hydrogen (secondary N) is 1. The molecule has 2 aromatic rings. The highest BCUT2D eigenvalue weighted by Gasteiger charge is 2.16. The van der Waals surface area contributed by atoms with E-state index in [4.69, 9.17) is 0 Å². The van der Waals surface area contributed by atoms with Gasteiger partial charge in [0.15, 0.2) is 5.69 Å². The van der Waals surface area contributed by atoms with Crippen LogP contribution in [0.1, 0.15) is 57.1 Å². The van der Waals surface area contributed by atoms with E-state index in [9.17, 15) is 4.79 Å². The van der Waals surface area contributed by atoms with Gasteiger partial charge < -0.3 is 5.32 Å². The fourth-order valence-corrected chi connectivity index (χ4v) is 2.47. The van der Waals surface area contributed by atoms with Gasteiger partial charge in [-0.2, -0.15) is 5.10 Å². The lowest BCUT2D eigenvalue weighted by Crippen LogP contribution is -2.24. The van der Waals surface area contributed by atoms with Crippen LogP contribution in [0.2, 0.25) is 0 Å². The fourth-order valence-electron chi connectivity index (χ4n) is 2.47. The molecule has 0 fully saturated rings. The summed E-state index contributed by atoms with van der Waals surface area (Å²) in [5, 5.41) is 7.31. The average Bonchev–Trinajstić information content (AvgIpc) is 2.96. The third-order valence-corrected chi connectivity index (χ3v) is 3.89. The van der Waals surface area contributed by atoms with Crippen molar-refractivity contribution in [3.8, 4) is 11.3 Å². The van der Waals surface area contributed by atoms with Crippen molar-refractivity contribution in [1.82, 2.24) is 15.1 Å². The van der Waals surface area contributed by atoms with E-state index in [2.05, 4.69) is 55.5 Å². The Morgan fingerprint density at radius 1 is 1.17 bits per heavy atom. The van der Waals surface area contributed by atoms with E-state index in [0.717, 1.165) is 24.2 Å². The van der Waals surface area contributed by atoms with Crippen LogP contribution in [0, 0.1) is 0 Å². The highest BCUT2D eigenvalue weighted by atomic mass is 16.1. The molecule has 2 rings (SSSR count). The van der Waals surface area contributed by atoms with Crippen molar-refractivity contribution in [3.63, 3.8) is 0 Å². The predicted molar refractivity (Wildman–Crippen MR) is 94.7 cm³/mol. The summed E-state index contributed by atoms with van der Waals surface area (Å²) in [6.07, 6.45) is 0.918. The van der Waals surface area contributed by atoms with Crippen LogP contribution in [-0.2, 0) is 12.0 Å². The molecule has 1 aromatic heterocycles. The summed E-state index contributed by atoms with van der Waals surface area (Å²) in [5.74, 6) is -0.105. The molecule has 0 saturated heterocycles. The highest BCUT2D eigenvalue weighted by molar-refractivity contribution is 5.93. The second-order valence-corrected chi connectivity index (χ2v) is 6.81. The van der Waals surface area contributed by atoms with E-state index in [1.165, 1.54) is 5.56 Å². The first-order valence-electron chi connectivity index (χ1n) is 8.33. The molecule has 0 radical (unpaired) electrons. The number of hydrogen-bond donors (Lipinski definition) is 1. The zero-order valence-corrected chi connectivity index (χ0v) is 14.8. The van der Waals surface area contributed by atoms with Crippen LogP contribution in [0.5, 0.6) is 0 Å². The molecule has 0 bridgehead atoms. The molecule has 0 saturated carbocycles. The highest BCUT2D eigenvalue weighted by Crippen LogP contribution is 2.26. The number of nitrogens with zero attached hydrogens (tertiary/aromatic N) is 2. The van der Waals surface area contributed by atoms with Crippen LogP contribution < -0.4 is 5.32 Å². The lowest BCUT2D eigenvalue weighted by atomic mass is 9.86. The Balaban J connectivity index is 2.32. The number of hydrogen-bond acceptors (Lipinski definition) is 2. The maximum absolute atomic E-state index is 12.1. The quantitative estimate of drug-likeness (QED) is 0.906. The van der Waals surface area contributed by atoms with Gasteiger partial charge in [-0.3, -0.25) is 9.48 Å². The second-order valence-electron chi connectivity index (χ2n) is 6.81. The SMILES string of the molecule is CCCNC(=O)c1cc(-c2ccc(C(C)(C)C)cc2)n(CC)n1. The zero-order valence-electron chi connectivity index (χ0n) is 14.8. The molecule has 1 aromatic carbocycles. The Morgan fingerprint density at radius 3 is 2.35 bits per heavy atom. The van der Waals surface area contributed by atoms with Gasteiger partial charge >= 0.3 is 0 Å². The molecule has 0 atom stereocenters. The van der Waals surface area contributed by atoms with Crippen molar-refractivity contribution in [2.75, 3.05) is 6.54 Å². The summed E-state index contributed by atoms with van der Waals surface area (Å²) in [6.45, 7) is 12.1. The van der Waals surface area contributed by atoms with E-state index >= 15 is 0 Å². The molecular formula is C19H27N3O. The largest absolute Gasteiger partial charge is 0.351 e. The summed E-state index contributed by atoms with van der Waals surface area (Å²) < 4.78 is 1.88. The van der Waals surface area contributed by atoms with Crippen LogP contribution in [-0.4, -0.2) is 22.2 Å². The Morgan fingerprint density at radius 2 is 1.83 bits per heavy atom. The van der Waals surface area contributed by atoms with Gasteiger partial charge in [0.05, 0.1) is 5.69 Å². The normalized spacial score (nSPS) is 11.5. The van der Waals surface area contributed by atoms with E-state index < -0.39 is 0 Å². The smallest absolute Gasteiger partial charge is 0.271 e. The van der Waals surface area contributed by atoms with Crippen molar-refractivity contribution < 1.29 is 4.79 Å². The maximum atomic E-state index is 12.1. The molecule has 1 heterocycles. The van der Waals surface area contributed by atoms with Gasteiger partial charge in [0.25, 0.3) is 5.91 Å². The first-order valence-corrected chi connectivity index (χ1v) is 8.33. The minimum Gasteiger partial charge on any atom is -0.351 e. The van der Waals surface area contributed by atoms with Crippen molar-refractivity contribution in [3.05, 3.63) is 41.6 Å². The molecule has 1 N–H and O–H groups in total. The Bertz CT molecular complexity index is 663. The van der Waals surface area contributed by atoms with Gasteiger partial charge in [0.2, 0.25) is 0 Å². The summed E-state index contributed by atoms with van der Waals surface area (Å²) in [7, 11) is 0. The number of aryl methyl sites for hydroxylation is 1. The zero-order chi connectivity index (χ0) is 17.0. The van der Waals surface area contributed by atoms with Gasteiger partial charge in [-0.15, -0.1) is 0 Å².